The summed E-state index contributed by atoms with van der Waals surface area (Å²) in [5, 5.41) is 5.08. The highest BCUT2D eigenvalue weighted by atomic mass is 79.9. The van der Waals surface area contributed by atoms with Gasteiger partial charge in [0.25, 0.3) is 5.91 Å². The first kappa shape index (κ1) is 16.7. The molecule has 0 unspecified atom stereocenters. The lowest BCUT2D eigenvalue weighted by Gasteiger charge is -2.17. The summed E-state index contributed by atoms with van der Waals surface area (Å²) < 4.78 is 29.0. The highest BCUT2D eigenvalue weighted by Crippen LogP contribution is 2.35. The van der Waals surface area contributed by atoms with E-state index in [9.17, 15) is 13.2 Å². The molecule has 0 atom stereocenters. The molecule has 0 aliphatic carbocycles. The summed E-state index contributed by atoms with van der Waals surface area (Å²) in [7, 11) is -3.80. The predicted molar refractivity (Wildman–Crippen MR) is 84.5 cm³/mol. The van der Waals surface area contributed by atoms with Gasteiger partial charge in [-0.3, -0.25) is 4.79 Å². The lowest BCUT2D eigenvalue weighted by molar-refractivity contribution is -0.132. The number of amides is 1. The average molecular weight is 442 g/mol. The molecule has 1 heterocycles. The summed E-state index contributed by atoms with van der Waals surface area (Å²) in [6.07, 6.45) is 2.03. The molecule has 0 spiro atoms. The number of carbonyl (C=O) groups excluding carboxylic acids is 1. The molecule has 1 aliphatic heterocycles. The Kier molecular flexibility index (Phi) is 5.29. The van der Waals surface area contributed by atoms with Gasteiger partial charge < -0.3 is 9.64 Å². The molecule has 0 bridgehead atoms. The van der Waals surface area contributed by atoms with Crippen LogP contribution in [0.25, 0.3) is 0 Å². The number of sulfonamides is 1. The largest absolute Gasteiger partial charge is 0.481 e. The number of nitrogens with zero attached hydrogens (tertiary/aromatic N) is 1. The van der Waals surface area contributed by atoms with Gasteiger partial charge >= 0.3 is 0 Å². The minimum absolute atomic E-state index is 0.0422. The molecular formula is C12H14Br2N2O4S. The highest BCUT2D eigenvalue weighted by Gasteiger charge is 2.20. The number of likely N-dealkylation sites (tertiary alicyclic amines) is 1. The van der Waals surface area contributed by atoms with Crippen molar-refractivity contribution in [1.82, 2.24) is 4.90 Å². The Labute approximate surface area is 139 Å². The number of primary sulfonamides is 1. The number of ether oxygens (including phenoxy) is 1. The lowest BCUT2D eigenvalue weighted by Crippen LogP contribution is -2.32. The van der Waals surface area contributed by atoms with E-state index in [2.05, 4.69) is 31.9 Å². The first-order valence-electron chi connectivity index (χ1n) is 6.21. The molecule has 21 heavy (non-hydrogen) atoms. The Balaban J connectivity index is 2.12. The summed E-state index contributed by atoms with van der Waals surface area (Å²) in [4.78, 5) is 13.6. The monoisotopic (exact) mass is 440 g/mol. The minimum Gasteiger partial charge on any atom is -0.481 e. The van der Waals surface area contributed by atoms with E-state index in [1.54, 1.807) is 4.90 Å². The van der Waals surface area contributed by atoms with E-state index in [-0.39, 0.29) is 17.4 Å². The molecule has 116 valence electrons. The normalized spacial score (nSPS) is 15.3. The maximum Gasteiger partial charge on any atom is 0.260 e. The van der Waals surface area contributed by atoms with Crippen molar-refractivity contribution in [2.24, 2.45) is 5.14 Å². The van der Waals surface area contributed by atoms with Crippen molar-refractivity contribution < 1.29 is 17.9 Å². The van der Waals surface area contributed by atoms with E-state index in [1.165, 1.54) is 12.1 Å². The van der Waals surface area contributed by atoms with Crippen molar-refractivity contribution in [3.8, 4) is 5.75 Å². The van der Waals surface area contributed by atoms with Crippen molar-refractivity contribution in [3.63, 3.8) is 0 Å². The van der Waals surface area contributed by atoms with Crippen molar-refractivity contribution >= 4 is 47.8 Å². The van der Waals surface area contributed by atoms with Crippen LogP contribution in [0.5, 0.6) is 5.75 Å². The molecule has 1 aromatic rings. The summed E-state index contributed by atoms with van der Waals surface area (Å²) in [5.74, 6) is 0.289. The third-order valence-electron chi connectivity index (χ3n) is 3.10. The summed E-state index contributed by atoms with van der Waals surface area (Å²) in [6.45, 7) is 1.43. The Bertz CT molecular complexity index is 634. The van der Waals surface area contributed by atoms with Crippen LogP contribution in [-0.2, 0) is 14.8 Å². The van der Waals surface area contributed by atoms with Crippen LogP contribution in [0.2, 0.25) is 0 Å². The standard InChI is InChI=1S/C12H14Br2N2O4S/c13-9-5-8(21(15,18)19)6-10(14)12(9)20-7-11(17)16-3-1-2-4-16/h5-6H,1-4,7H2,(H2,15,18,19). The van der Waals surface area contributed by atoms with Crippen LogP contribution in [0, 0.1) is 0 Å². The zero-order valence-electron chi connectivity index (χ0n) is 11.0. The van der Waals surface area contributed by atoms with Crippen molar-refractivity contribution in [2.45, 2.75) is 17.7 Å². The summed E-state index contributed by atoms with van der Waals surface area (Å²) >= 11 is 6.45. The molecule has 0 aromatic heterocycles. The number of carbonyl (C=O) groups is 1. The van der Waals surface area contributed by atoms with Crippen LogP contribution in [-0.4, -0.2) is 38.9 Å². The van der Waals surface area contributed by atoms with E-state index < -0.39 is 10.0 Å². The Morgan fingerprint density at radius 1 is 1.24 bits per heavy atom. The van der Waals surface area contributed by atoms with Gasteiger partial charge in [0, 0.05) is 13.1 Å². The first-order valence-corrected chi connectivity index (χ1v) is 9.34. The maximum absolute atomic E-state index is 11.9. The number of hydrogen-bond acceptors (Lipinski definition) is 4. The molecule has 1 aromatic carbocycles. The Morgan fingerprint density at radius 3 is 2.24 bits per heavy atom. The van der Waals surface area contributed by atoms with Gasteiger partial charge in [-0.25, -0.2) is 13.6 Å². The van der Waals surface area contributed by atoms with Gasteiger partial charge in [-0.15, -0.1) is 0 Å². The molecule has 1 fully saturated rings. The quantitative estimate of drug-likeness (QED) is 0.772. The molecule has 0 radical (unpaired) electrons. The fraction of sp³-hybridized carbons (Fsp3) is 0.417. The minimum atomic E-state index is -3.80. The second-order valence-electron chi connectivity index (χ2n) is 4.64. The van der Waals surface area contributed by atoms with E-state index in [4.69, 9.17) is 9.88 Å². The smallest absolute Gasteiger partial charge is 0.260 e. The zero-order chi connectivity index (χ0) is 15.6. The van der Waals surface area contributed by atoms with E-state index in [1.807, 2.05) is 0 Å². The second-order valence-corrected chi connectivity index (χ2v) is 7.91. The van der Waals surface area contributed by atoms with Gasteiger partial charge in [-0.2, -0.15) is 0 Å². The van der Waals surface area contributed by atoms with Crippen LogP contribution in [0.4, 0.5) is 0 Å². The van der Waals surface area contributed by atoms with Crippen LogP contribution >= 0.6 is 31.9 Å². The highest BCUT2D eigenvalue weighted by molar-refractivity contribution is 9.11. The fourth-order valence-corrected chi connectivity index (χ4v) is 4.31. The van der Waals surface area contributed by atoms with E-state index in [0.717, 1.165) is 25.9 Å². The fourth-order valence-electron chi connectivity index (χ4n) is 2.03. The number of nitrogens with two attached hydrogens (primary N) is 1. The van der Waals surface area contributed by atoms with Crippen LogP contribution in [0.3, 0.4) is 0 Å². The zero-order valence-corrected chi connectivity index (χ0v) is 15.0. The van der Waals surface area contributed by atoms with E-state index >= 15 is 0 Å². The van der Waals surface area contributed by atoms with Gasteiger partial charge in [-0.05, 0) is 56.8 Å². The number of hydrogen-bond donors (Lipinski definition) is 1. The summed E-state index contributed by atoms with van der Waals surface area (Å²) in [5.41, 5.74) is 0. The van der Waals surface area contributed by atoms with Crippen molar-refractivity contribution in [1.29, 1.82) is 0 Å². The van der Waals surface area contributed by atoms with Crippen molar-refractivity contribution in [3.05, 3.63) is 21.1 Å². The molecule has 2 rings (SSSR count). The molecular weight excluding hydrogens is 428 g/mol. The third kappa shape index (κ3) is 4.18. The topological polar surface area (TPSA) is 89.7 Å². The Morgan fingerprint density at radius 2 is 1.76 bits per heavy atom. The average Bonchev–Trinajstić information content (AvgIpc) is 2.90. The molecule has 1 aliphatic rings. The molecule has 1 saturated heterocycles. The summed E-state index contributed by atoms with van der Waals surface area (Å²) in [6, 6.07) is 2.69. The number of halogens is 2. The predicted octanol–water partition coefficient (Wildman–Crippen LogP) is 1.86. The molecule has 0 saturated carbocycles. The van der Waals surface area contributed by atoms with Crippen LogP contribution in [0.15, 0.2) is 26.0 Å². The second kappa shape index (κ2) is 6.64. The van der Waals surface area contributed by atoms with Crippen LogP contribution < -0.4 is 9.88 Å². The van der Waals surface area contributed by atoms with E-state index in [0.29, 0.717) is 14.7 Å². The number of benzene rings is 1. The van der Waals surface area contributed by atoms with Gasteiger partial charge in [0.2, 0.25) is 10.0 Å². The Hall–Kier alpha value is -0.640. The molecule has 9 heteroatoms. The molecule has 2 N–H and O–H groups in total. The third-order valence-corrected chi connectivity index (χ3v) is 5.17. The van der Waals surface area contributed by atoms with Crippen LogP contribution in [0.1, 0.15) is 12.8 Å². The van der Waals surface area contributed by atoms with Gasteiger partial charge in [0.1, 0.15) is 5.75 Å². The molecule has 1 amide bonds. The van der Waals surface area contributed by atoms with Gasteiger partial charge in [0.15, 0.2) is 6.61 Å². The molecule has 6 nitrogen and oxygen atoms in total. The SMILES string of the molecule is NS(=O)(=O)c1cc(Br)c(OCC(=O)N2CCCC2)c(Br)c1. The first-order chi connectivity index (χ1) is 9.79. The maximum atomic E-state index is 11.9. The van der Waals surface area contributed by atoms with Crippen molar-refractivity contribution in [2.75, 3.05) is 19.7 Å². The van der Waals surface area contributed by atoms with Gasteiger partial charge in [-0.1, -0.05) is 0 Å². The van der Waals surface area contributed by atoms with Gasteiger partial charge in [0.05, 0.1) is 13.8 Å². The lowest BCUT2D eigenvalue weighted by atomic mass is 10.3. The number of rotatable bonds is 4.